The Bertz CT molecular complexity index is 414. The van der Waals surface area contributed by atoms with Crippen molar-refractivity contribution in [1.29, 1.82) is 0 Å². The summed E-state index contributed by atoms with van der Waals surface area (Å²) in [5.41, 5.74) is 5.98. The largest absolute Gasteiger partial charge is 0.339 e. The number of amides is 1. The molecule has 1 amide bonds. The van der Waals surface area contributed by atoms with Gasteiger partial charge in [0.1, 0.15) is 5.82 Å². The normalized spacial score (nSPS) is 16.9. The van der Waals surface area contributed by atoms with Crippen molar-refractivity contribution in [3.05, 3.63) is 35.6 Å². The molecule has 1 saturated heterocycles. The molecule has 1 aliphatic rings. The highest BCUT2D eigenvalue weighted by atomic mass is 19.1. The summed E-state index contributed by atoms with van der Waals surface area (Å²) in [6.45, 7) is 2.21. The average Bonchev–Trinajstić information content (AvgIpc) is 2.39. The van der Waals surface area contributed by atoms with Gasteiger partial charge in [0.25, 0.3) is 5.91 Å². The van der Waals surface area contributed by atoms with Crippen LogP contribution in [0.2, 0.25) is 0 Å². The van der Waals surface area contributed by atoms with Crippen LogP contribution in [0.15, 0.2) is 24.3 Å². The second-order valence-corrected chi connectivity index (χ2v) is 4.82. The molecule has 0 aromatic heterocycles. The first-order chi connectivity index (χ1) is 8.70. The van der Waals surface area contributed by atoms with Gasteiger partial charge in [-0.1, -0.05) is 6.07 Å². The minimum atomic E-state index is -0.362. The molecule has 1 aromatic carbocycles. The highest BCUT2D eigenvalue weighted by molar-refractivity contribution is 5.94. The number of hydrogen-bond donors (Lipinski definition) is 1. The standard InChI is InChI=1S/C14H19FN2O/c15-13-3-1-2-12(10-13)14(18)17-8-5-11(4-7-16)6-9-17/h1-3,10-11H,4-9,16H2. The summed E-state index contributed by atoms with van der Waals surface area (Å²) in [6, 6.07) is 5.89. The molecular weight excluding hydrogens is 231 g/mol. The summed E-state index contributed by atoms with van der Waals surface area (Å²) in [7, 11) is 0. The zero-order valence-electron chi connectivity index (χ0n) is 10.4. The summed E-state index contributed by atoms with van der Waals surface area (Å²) >= 11 is 0. The fourth-order valence-electron chi connectivity index (χ4n) is 2.46. The van der Waals surface area contributed by atoms with Crippen LogP contribution in [-0.4, -0.2) is 30.4 Å². The fraction of sp³-hybridized carbons (Fsp3) is 0.500. The third kappa shape index (κ3) is 3.07. The summed E-state index contributed by atoms with van der Waals surface area (Å²) in [5, 5.41) is 0. The van der Waals surface area contributed by atoms with Crippen LogP contribution >= 0.6 is 0 Å². The van der Waals surface area contributed by atoms with Crippen LogP contribution in [-0.2, 0) is 0 Å². The van der Waals surface area contributed by atoms with E-state index in [2.05, 4.69) is 0 Å². The molecule has 4 heteroatoms. The maximum Gasteiger partial charge on any atom is 0.253 e. The molecular formula is C14H19FN2O. The SMILES string of the molecule is NCCC1CCN(C(=O)c2cccc(F)c2)CC1. The Morgan fingerprint density at radius 3 is 2.72 bits per heavy atom. The van der Waals surface area contributed by atoms with Gasteiger partial charge in [-0.05, 0) is 49.9 Å². The Balaban J connectivity index is 1.95. The average molecular weight is 250 g/mol. The van der Waals surface area contributed by atoms with Gasteiger partial charge in [-0.2, -0.15) is 0 Å². The Labute approximate surface area is 107 Å². The molecule has 0 atom stereocenters. The minimum absolute atomic E-state index is 0.0688. The van der Waals surface area contributed by atoms with Crippen LogP contribution in [0.25, 0.3) is 0 Å². The third-order valence-corrected chi connectivity index (χ3v) is 3.55. The molecule has 18 heavy (non-hydrogen) atoms. The van der Waals surface area contributed by atoms with Crippen LogP contribution in [0.5, 0.6) is 0 Å². The predicted molar refractivity (Wildman–Crippen MR) is 68.7 cm³/mol. The summed E-state index contributed by atoms with van der Waals surface area (Å²) in [5.74, 6) is 0.200. The molecule has 0 radical (unpaired) electrons. The van der Waals surface area contributed by atoms with Gasteiger partial charge < -0.3 is 10.6 Å². The molecule has 1 aliphatic heterocycles. The molecule has 1 heterocycles. The third-order valence-electron chi connectivity index (χ3n) is 3.55. The van der Waals surface area contributed by atoms with Gasteiger partial charge >= 0.3 is 0 Å². The maximum atomic E-state index is 13.1. The Morgan fingerprint density at radius 2 is 2.11 bits per heavy atom. The summed E-state index contributed by atoms with van der Waals surface area (Å²) in [4.78, 5) is 14.0. The second kappa shape index (κ2) is 5.96. The van der Waals surface area contributed by atoms with Crippen molar-refractivity contribution in [3.8, 4) is 0 Å². The van der Waals surface area contributed by atoms with Gasteiger partial charge in [-0.15, -0.1) is 0 Å². The predicted octanol–water partition coefficient (Wildman–Crippen LogP) is 2.03. The lowest BCUT2D eigenvalue weighted by Gasteiger charge is -2.32. The number of likely N-dealkylation sites (tertiary alicyclic amines) is 1. The molecule has 2 N–H and O–H groups in total. The number of hydrogen-bond acceptors (Lipinski definition) is 2. The molecule has 98 valence electrons. The van der Waals surface area contributed by atoms with E-state index in [-0.39, 0.29) is 11.7 Å². The molecule has 3 nitrogen and oxygen atoms in total. The van der Waals surface area contributed by atoms with E-state index in [0.717, 1.165) is 32.4 Å². The van der Waals surface area contributed by atoms with E-state index < -0.39 is 0 Å². The van der Waals surface area contributed by atoms with Crippen molar-refractivity contribution in [1.82, 2.24) is 4.90 Å². The van der Waals surface area contributed by atoms with Crippen molar-refractivity contribution in [3.63, 3.8) is 0 Å². The number of nitrogens with two attached hydrogens (primary N) is 1. The lowest BCUT2D eigenvalue weighted by atomic mass is 9.93. The number of carbonyl (C=O) groups is 1. The number of rotatable bonds is 3. The molecule has 2 rings (SSSR count). The van der Waals surface area contributed by atoms with Gasteiger partial charge in [0.2, 0.25) is 0 Å². The van der Waals surface area contributed by atoms with Crippen molar-refractivity contribution in [2.24, 2.45) is 11.7 Å². The second-order valence-electron chi connectivity index (χ2n) is 4.82. The minimum Gasteiger partial charge on any atom is -0.339 e. The number of benzene rings is 1. The molecule has 0 bridgehead atoms. The zero-order chi connectivity index (χ0) is 13.0. The molecule has 0 unspecified atom stereocenters. The number of carbonyl (C=O) groups excluding carboxylic acids is 1. The van der Waals surface area contributed by atoms with Crippen LogP contribution in [0.1, 0.15) is 29.6 Å². The van der Waals surface area contributed by atoms with Gasteiger partial charge in [0.15, 0.2) is 0 Å². The molecule has 1 aromatic rings. The lowest BCUT2D eigenvalue weighted by molar-refractivity contribution is 0.0687. The van der Waals surface area contributed by atoms with E-state index in [4.69, 9.17) is 5.73 Å². The summed E-state index contributed by atoms with van der Waals surface area (Å²) < 4.78 is 13.1. The smallest absolute Gasteiger partial charge is 0.253 e. The Hall–Kier alpha value is -1.42. The maximum absolute atomic E-state index is 13.1. The van der Waals surface area contributed by atoms with Crippen LogP contribution in [0.3, 0.4) is 0 Å². The lowest BCUT2D eigenvalue weighted by Crippen LogP contribution is -2.38. The number of piperidine rings is 1. The van der Waals surface area contributed by atoms with Crippen LogP contribution < -0.4 is 5.73 Å². The zero-order valence-corrected chi connectivity index (χ0v) is 10.4. The highest BCUT2D eigenvalue weighted by Crippen LogP contribution is 2.21. The van der Waals surface area contributed by atoms with E-state index in [9.17, 15) is 9.18 Å². The molecule has 0 saturated carbocycles. The van der Waals surface area contributed by atoms with Gasteiger partial charge in [-0.25, -0.2) is 4.39 Å². The van der Waals surface area contributed by atoms with Gasteiger partial charge in [-0.3, -0.25) is 4.79 Å². The Kier molecular flexibility index (Phi) is 4.31. The van der Waals surface area contributed by atoms with Crippen LogP contribution in [0, 0.1) is 11.7 Å². The first kappa shape index (κ1) is 13.0. The molecule has 0 spiro atoms. The first-order valence-electron chi connectivity index (χ1n) is 6.45. The first-order valence-corrected chi connectivity index (χ1v) is 6.45. The molecule has 1 fully saturated rings. The fourth-order valence-corrected chi connectivity index (χ4v) is 2.46. The van der Waals surface area contributed by atoms with E-state index >= 15 is 0 Å². The van der Waals surface area contributed by atoms with E-state index in [0.29, 0.717) is 18.0 Å². The molecule has 0 aliphatic carbocycles. The van der Waals surface area contributed by atoms with Crippen molar-refractivity contribution in [2.45, 2.75) is 19.3 Å². The quantitative estimate of drug-likeness (QED) is 0.892. The monoisotopic (exact) mass is 250 g/mol. The highest BCUT2D eigenvalue weighted by Gasteiger charge is 2.23. The Morgan fingerprint density at radius 1 is 1.39 bits per heavy atom. The van der Waals surface area contributed by atoms with E-state index in [1.54, 1.807) is 12.1 Å². The van der Waals surface area contributed by atoms with Crippen molar-refractivity contribution >= 4 is 5.91 Å². The van der Waals surface area contributed by atoms with E-state index in [1.165, 1.54) is 12.1 Å². The van der Waals surface area contributed by atoms with Gasteiger partial charge in [0, 0.05) is 18.7 Å². The van der Waals surface area contributed by atoms with Gasteiger partial charge in [0.05, 0.1) is 0 Å². The topological polar surface area (TPSA) is 46.3 Å². The van der Waals surface area contributed by atoms with Crippen molar-refractivity contribution < 1.29 is 9.18 Å². The summed E-state index contributed by atoms with van der Waals surface area (Å²) in [6.07, 6.45) is 3.03. The van der Waals surface area contributed by atoms with E-state index in [1.807, 2.05) is 4.90 Å². The number of halogens is 1. The number of nitrogens with zero attached hydrogens (tertiary/aromatic N) is 1. The van der Waals surface area contributed by atoms with Crippen LogP contribution in [0.4, 0.5) is 4.39 Å². The van der Waals surface area contributed by atoms with Crippen molar-refractivity contribution in [2.75, 3.05) is 19.6 Å².